The Morgan fingerprint density at radius 3 is 2.88 bits per heavy atom. The lowest BCUT2D eigenvalue weighted by atomic mass is 10.1. The number of piperidine rings is 1. The molecule has 0 bridgehead atoms. The zero-order valence-electron chi connectivity index (χ0n) is 14.4. The Balaban J connectivity index is 0.00000196. The fraction of sp³-hybridized carbons (Fsp3) is 0.368. The number of likely N-dealkylation sites (tertiary alicyclic amines) is 1. The van der Waals surface area contributed by atoms with E-state index >= 15 is 0 Å². The number of carbonyl (C=O) groups is 2. The van der Waals surface area contributed by atoms with Gasteiger partial charge in [0, 0.05) is 30.4 Å². The highest BCUT2D eigenvalue weighted by molar-refractivity contribution is 6.01. The molecule has 1 unspecified atom stereocenters. The Bertz CT molecular complexity index is 820. The van der Waals surface area contributed by atoms with Crippen LogP contribution in [0.4, 0.5) is 5.69 Å². The van der Waals surface area contributed by atoms with Crippen molar-refractivity contribution in [3.05, 3.63) is 53.5 Å². The summed E-state index contributed by atoms with van der Waals surface area (Å²) >= 11 is 0. The summed E-state index contributed by atoms with van der Waals surface area (Å²) in [4.78, 5) is 28.6. The maximum Gasteiger partial charge on any atom is 0.289 e. The molecule has 2 amide bonds. The first-order chi connectivity index (χ1) is 12.1. The molecular formula is C19H22ClN3O3. The molecule has 0 radical (unpaired) electrons. The average Bonchev–Trinajstić information content (AvgIpc) is 3.19. The molecular weight excluding hydrogens is 354 g/mol. The minimum Gasteiger partial charge on any atom is -0.459 e. The van der Waals surface area contributed by atoms with Crippen molar-refractivity contribution in [2.75, 3.05) is 18.0 Å². The third kappa shape index (κ3) is 3.34. The lowest BCUT2D eigenvalue weighted by Gasteiger charge is -2.30. The van der Waals surface area contributed by atoms with E-state index in [0.29, 0.717) is 31.8 Å². The van der Waals surface area contributed by atoms with Crippen LogP contribution in [-0.4, -0.2) is 35.8 Å². The molecule has 1 saturated heterocycles. The van der Waals surface area contributed by atoms with Gasteiger partial charge < -0.3 is 20.0 Å². The molecule has 2 aromatic rings. The number of para-hydroxylation sites is 1. The first kappa shape index (κ1) is 18.5. The van der Waals surface area contributed by atoms with Crippen molar-refractivity contribution in [2.45, 2.75) is 31.8 Å². The highest BCUT2D eigenvalue weighted by Crippen LogP contribution is 2.31. The summed E-state index contributed by atoms with van der Waals surface area (Å²) < 4.78 is 5.48. The van der Waals surface area contributed by atoms with Gasteiger partial charge >= 0.3 is 0 Å². The number of hydrogen-bond donors (Lipinski definition) is 1. The molecule has 0 spiro atoms. The molecule has 3 heterocycles. The van der Waals surface area contributed by atoms with Crippen molar-refractivity contribution in [3.63, 3.8) is 0 Å². The van der Waals surface area contributed by atoms with Crippen LogP contribution < -0.4 is 10.6 Å². The number of nitrogens with two attached hydrogens (primary N) is 1. The topological polar surface area (TPSA) is 79.8 Å². The van der Waals surface area contributed by atoms with Gasteiger partial charge in [0.2, 0.25) is 5.91 Å². The van der Waals surface area contributed by atoms with Gasteiger partial charge in [0.15, 0.2) is 5.76 Å². The van der Waals surface area contributed by atoms with E-state index < -0.39 is 0 Å². The molecule has 7 heteroatoms. The average molecular weight is 376 g/mol. The molecule has 1 aromatic heterocycles. The summed E-state index contributed by atoms with van der Waals surface area (Å²) in [5.41, 5.74) is 8.64. The lowest BCUT2D eigenvalue weighted by molar-refractivity contribution is -0.117. The Hall–Kier alpha value is -2.31. The normalized spacial score (nSPS) is 19.3. The molecule has 0 saturated carbocycles. The second kappa shape index (κ2) is 7.51. The van der Waals surface area contributed by atoms with Gasteiger partial charge in [-0.1, -0.05) is 18.2 Å². The van der Waals surface area contributed by atoms with Crippen molar-refractivity contribution >= 4 is 29.9 Å². The standard InChI is InChI=1S/C19H21N3O3.ClH/c20-15-5-3-8-21(12-15)19(24)18-14(7-9-25-18)11-22-16-6-2-1-4-13(16)10-17(22)23;/h1-2,4,6-7,9,15H,3,5,8,10-12,20H2;1H. The Kier molecular flexibility index (Phi) is 5.34. The van der Waals surface area contributed by atoms with E-state index in [1.54, 1.807) is 15.9 Å². The monoisotopic (exact) mass is 375 g/mol. The molecule has 2 aliphatic heterocycles. The molecule has 1 atom stereocenters. The maximum absolute atomic E-state index is 12.8. The second-order valence-corrected chi connectivity index (χ2v) is 6.71. The molecule has 4 rings (SSSR count). The summed E-state index contributed by atoms with van der Waals surface area (Å²) in [7, 11) is 0. The number of anilines is 1. The minimum atomic E-state index is -0.143. The number of furan rings is 1. The Morgan fingerprint density at radius 2 is 2.08 bits per heavy atom. The van der Waals surface area contributed by atoms with Crippen molar-refractivity contribution in [1.29, 1.82) is 0 Å². The van der Waals surface area contributed by atoms with Gasteiger partial charge in [0.25, 0.3) is 5.91 Å². The summed E-state index contributed by atoms with van der Waals surface area (Å²) in [6, 6.07) is 9.53. The number of fused-ring (bicyclic) bond motifs is 1. The third-order valence-corrected chi connectivity index (χ3v) is 4.94. The Labute approximate surface area is 158 Å². The predicted octanol–water partition coefficient (Wildman–Crippen LogP) is 2.35. The van der Waals surface area contributed by atoms with E-state index in [0.717, 1.165) is 29.7 Å². The highest BCUT2D eigenvalue weighted by atomic mass is 35.5. The van der Waals surface area contributed by atoms with Crippen LogP contribution in [0.15, 0.2) is 41.0 Å². The summed E-state index contributed by atoms with van der Waals surface area (Å²) in [6.45, 7) is 1.58. The van der Waals surface area contributed by atoms with Crippen LogP contribution in [0, 0.1) is 0 Å². The van der Waals surface area contributed by atoms with Crippen LogP contribution in [0.3, 0.4) is 0 Å². The molecule has 6 nitrogen and oxygen atoms in total. The van der Waals surface area contributed by atoms with E-state index in [9.17, 15) is 9.59 Å². The zero-order valence-corrected chi connectivity index (χ0v) is 15.2. The number of carbonyl (C=O) groups excluding carboxylic acids is 2. The number of rotatable bonds is 3. The van der Waals surface area contributed by atoms with Crippen LogP contribution >= 0.6 is 12.4 Å². The van der Waals surface area contributed by atoms with Crippen LogP contribution in [0.25, 0.3) is 0 Å². The van der Waals surface area contributed by atoms with Gasteiger partial charge in [0.1, 0.15) is 0 Å². The number of halogens is 1. The van der Waals surface area contributed by atoms with Gasteiger partial charge in [-0.3, -0.25) is 9.59 Å². The van der Waals surface area contributed by atoms with Crippen molar-refractivity contribution in [3.8, 4) is 0 Å². The highest BCUT2D eigenvalue weighted by Gasteiger charge is 2.31. The summed E-state index contributed by atoms with van der Waals surface area (Å²) in [6.07, 6.45) is 3.76. The van der Waals surface area contributed by atoms with E-state index in [4.69, 9.17) is 10.2 Å². The molecule has 138 valence electrons. The Morgan fingerprint density at radius 1 is 1.27 bits per heavy atom. The lowest BCUT2D eigenvalue weighted by Crippen LogP contribution is -2.45. The van der Waals surface area contributed by atoms with Gasteiger partial charge in [-0.2, -0.15) is 0 Å². The third-order valence-electron chi connectivity index (χ3n) is 4.94. The van der Waals surface area contributed by atoms with Gasteiger partial charge in [-0.05, 0) is 30.5 Å². The maximum atomic E-state index is 12.8. The number of benzene rings is 1. The largest absolute Gasteiger partial charge is 0.459 e. The van der Waals surface area contributed by atoms with E-state index in [1.165, 1.54) is 6.26 Å². The molecule has 2 aliphatic rings. The minimum absolute atomic E-state index is 0. The summed E-state index contributed by atoms with van der Waals surface area (Å²) in [5.74, 6) is 0.210. The molecule has 26 heavy (non-hydrogen) atoms. The van der Waals surface area contributed by atoms with Crippen LogP contribution in [-0.2, 0) is 17.8 Å². The predicted molar refractivity (Wildman–Crippen MR) is 100 cm³/mol. The molecule has 0 aliphatic carbocycles. The number of nitrogens with zero attached hydrogens (tertiary/aromatic N) is 2. The first-order valence-corrected chi connectivity index (χ1v) is 8.63. The van der Waals surface area contributed by atoms with Gasteiger partial charge in [-0.15, -0.1) is 12.4 Å². The molecule has 1 aromatic carbocycles. The smallest absolute Gasteiger partial charge is 0.289 e. The molecule has 1 fully saturated rings. The number of amides is 2. The fourth-order valence-electron chi connectivity index (χ4n) is 3.65. The molecule has 2 N–H and O–H groups in total. The van der Waals surface area contributed by atoms with Crippen molar-refractivity contribution < 1.29 is 14.0 Å². The van der Waals surface area contributed by atoms with E-state index in [1.807, 2.05) is 24.3 Å². The number of hydrogen-bond acceptors (Lipinski definition) is 4. The van der Waals surface area contributed by atoms with Crippen molar-refractivity contribution in [2.24, 2.45) is 5.73 Å². The van der Waals surface area contributed by atoms with E-state index in [-0.39, 0.29) is 30.3 Å². The van der Waals surface area contributed by atoms with Crippen LogP contribution in [0.5, 0.6) is 0 Å². The SMILES string of the molecule is Cl.NC1CCCN(C(=O)c2occc2CN2C(=O)Cc3ccccc32)C1. The quantitative estimate of drug-likeness (QED) is 0.893. The van der Waals surface area contributed by atoms with Gasteiger partial charge in [0.05, 0.1) is 19.2 Å². The van der Waals surface area contributed by atoms with E-state index in [2.05, 4.69) is 0 Å². The zero-order chi connectivity index (χ0) is 17.4. The van der Waals surface area contributed by atoms with Crippen molar-refractivity contribution in [1.82, 2.24) is 4.90 Å². The first-order valence-electron chi connectivity index (χ1n) is 8.63. The van der Waals surface area contributed by atoms with Crippen LogP contribution in [0.2, 0.25) is 0 Å². The van der Waals surface area contributed by atoms with Gasteiger partial charge in [-0.25, -0.2) is 0 Å². The second-order valence-electron chi connectivity index (χ2n) is 6.71. The summed E-state index contributed by atoms with van der Waals surface area (Å²) in [5, 5.41) is 0. The van der Waals surface area contributed by atoms with Crippen LogP contribution in [0.1, 0.15) is 34.5 Å². The fourth-order valence-corrected chi connectivity index (χ4v) is 3.65.